The Morgan fingerprint density at radius 3 is 2.49 bits per heavy atom. The lowest BCUT2D eigenvalue weighted by molar-refractivity contribution is -0.284. The van der Waals surface area contributed by atoms with Crippen molar-refractivity contribution in [1.82, 2.24) is 4.98 Å². The molecule has 0 radical (unpaired) electrons. The van der Waals surface area contributed by atoms with Crippen LogP contribution in [0.2, 0.25) is 0 Å². The molecule has 8 unspecified atom stereocenters. The molecule has 5 nitrogen and oxygen atoms in total. The summed E-state index contributed by atoms with van der Waals surface area (Å²) in [5, 5.41) is 13.2. The zero-order valence-corrected chi connectivity index (χ0v) is 30.9. The molecule has 2 N–H and O–H groups in total. The maximum Gasteiger partial charge on any atom is 0.453 e. The molecule has 5 rings (SSSR count). The Labute approximate surface area is 300 Å². The second kappa shape index (κ2) is 16.9. The largest absolute Gasteiger partial charge is 0.453 e. The zero-order chi connectivity index (χ0) is 37.8. The normalized spacial score (nSPS) is 25.7. The molecule has 2 saturated carbocycles. The number of rotatable bonds is 10. The molecule has 0 spiro atoms. The number of ether oxygens (including phenoxy) is 1. The van der Waals surface area contributed by atoms with Crippen LogP contribution >= 0.6 is 21.0 Å². The lowest BCUT2D eigenvalue weighted by atomic mass is 9.55. The summed E-state index contributed by atoms with van der Waals surface area (Å²) < 4.78 is 105. The number of alkyl halides is 8. The second-order valence-corrected chi connectivity index (χ2v) is 16.7. The number of hydrogen-bond donors (Lipinski definition) is 2. The molecule has 3 aliphatic rings. The smallest absolute Gasteiger partial charge is 0.410 e. The fourth-order valence-corrected chi connectivity index (χ4v) is 9.59. The van der Waals surface area contributed by atoms with E-state index < -0.39 is 36.5 Å². The first-order chi connectivity index (χ1) is 23.7. The van der Waals surface area contributed by atoms with Crippen molar-refractivity contribution in [2.75, 3.05) is 11.1 Å². The summed E-state index contributed by atoms with van der Waals surface area (Å²) in [6.45, 7) is 6.27. The van der Waals surface area contributed by atoms with E-state index in [1.54, 1.807) is 6.07 Å². The molecule has 1 aromatic carbocycles. The minimum atomic E-state index is -5.42. The van der Waals surface area contributed by atoms with Crippen LogP contribution in [0.4, 0.5) is 45.6 Å². The average Bonchev–Trinajstić information content (AvgIpc) is 3.36. The van der Waals surface area contributed by atoms with Crippen molar-refractivity contribution in [2.24, 2.45) is 17.3 Å². The number of aliphatic hydroxyl groups excluding tert-OH is 1. The van der Waals surface area contributed by atoms with Gasteiger partial charge in [0.15, 0.2) is 0 Å². The number of benzene rings is 1. The van der Waals surface area contributed by atoms with E-state index in [2.05, 4.69) is 33.4 Å². The van der Waals surface area contributed by atoms with E-state index in [1.165, 1.54) is 23.4 Å². The first-order valence-electron chi connectivity index (χ1n) is 17.4. The van der Waals surface area contributed by atoms with Crippen LogP contribution in [0.1, 0.15) is 101 Å². The van der Waals surface area contributed by atoms with Crippen LogP contribution in [0.15, 0.2) is 36.5 Å². The van der Waals surface area contributed by atoms with Crippen molar-refractivity contribution in [2.45, 2.75) is 126 Å². The highest BCUT2D eigenvalue weighted by Crippen LogP contribution is 2.61. The van der Waals surface area contributed by atoms with Crippen molar-refractivity contribution >= 4 is 32.8 Å². The minimum absolute atomic E-state index is 0.0265. The number of thioether (sulfide) groups is 1. The molecule has 2 fully saturated rings. The Kier molecular flexibility index (Phi) is 13.8. The molecule has 3 aliphatic carbocycles. The van der Waals surface area contributed by atoms with Crippen LogP contribution in [-0.2, 0) is 12.6 Å². The van der Waals surface area contributed by atoms with Crippen LogP contribution in [-0.4, -0.2) is 51.0 Å². The SMILES string of the molecule is CC12CCC3c4ccc(OC(=O)Nc5ccnc(C(F)(F)F)c5)cc4CCC3C1CCC2O.CCC(P)CC(C)SCCCC(F)(F)C(F)(F)F. The summed E-state index contributed by atoms with van der Waals surface area (Å²) >= 11 is 1.46. The fourth-order valence-electron chi connectivity index (χ4n) is 7.89. The Hall–Kier alpha value is -2.18. The van der Waals surface area contributed by atoms with Crippen molar-refractivity contribution in [3.8, 4) is 5.75 Å². The van der Waals surface area contributed by atoms with Gasteiger partial charge in [-0.2, -0.15) is 46.9 Å². The van der Waals surface area contributed by atoms with Gasteiger partial charge in [0.2, 0.25) is 0 Å². The maximum absolute atomic E-state index is 12.8. The highest BCUT2D eigenvalue weighted by atomic mass is 32.2. The molecule has 1 aromatic heterocycles. The van der Waals surface area contributed by atoms with Crippen LogP contribution in [0.25, 0.3) is 0 Å². The van der Waals surface area contributed by atoms with E-state index in [-0.39, 0.29) is 28.9 Å². The third-order valence-electron chi connectivity index (χ3n) is 10.8. The van der Waals surface area contributed by atoms with Gasteiger partial charge in [-0.15, -0.1) is 9.24 Å². The number of nitrogens with one attached hydrogen (secondary N) is 1. The minimum Gasteiger partial charge on any atom is -0.410 e. The predicted octanol–water partition coefficient (Wildman–Crippen LogP) is 11.1. The molecule has 0 saturated heterocycles. The van der Waals surface area contributed by atoms with Gasteiger partial charge in [0, 0.05) is 23.6 Å². The standard InChI is InChI=1S/C25H27F3N2O3.C11H20F5PS/c1-24-10-8-18-17-5-3-16(12-14(17)2-4-19(18)20(24)6-7-22(24)31)33-23(32)30-15-9-11-29-21(13-15)25(26,27)28;1-3-9(17)7-8(2)18-6-4-5-10(12,13)11(14,15)16/h3,5,9,11-13,18-20,22,31H,2,4,6-8,10H2,1H3,(H,29,30,32);8-9H,3-7,17H2,1-2H3. The van der Waals surface area contributed by atoms with Crippen molar-refractivity contribution < 1.29 is 49.8 Å². The van der Waals surface area contributed by atoms with E-state index in [0.717, 1.165) is 69.2 Å². The fraction of sp³-hybridized carbons (Fsp3) is 0.667. The zero-order valence-electron chi connectivity index (χ0n) is 28.9. The van der Waals surface area contributed by atoms with Gasteiger partial charge < -0.3 is 9.84 Å². The first kappa shape index (κ1) is 41.6. The van der Waals surface area contributed by atoms with Crippen molar-refractivity contribution in [1.29, 1.82) is 0 Å². The number of hydrogen-bond acceptors (Lipinski definition) is 5. The third kappa shape index (κ3) is 10.5. The summed E-state index contributed by atoms with van der Waals surface area (Å²) in [7, 11) is 2.71. The summed E-state index contributed by atoms with van der Waals surface area (Å²) in [4.78, 5) is 15.6. The van der Waals surface area contributed by atoms with Gasteiger partial charge in [-0.1, -0.05) is 26.8 Å². The second-order valence-electron chi connectivity index (χ2n) is 14.2. The summed E-state index contributed by atoms with van der Waals surface area (Å²) in [5.74, 6) is -2.28. The maximum atomic E-state index is 12.8. The average molecular weight is 771 g/mol. The van der Waals surface area contributed by atoms with Gasteiger partial charge in [0.05, 0.1) is 6.10 Å². The Morgan fingerprint density at radius 2 is 1.82 bits per heavy atom. The van der Waals surface area contributed by atoms with Crippen LogP contribution in [0, 0.1) is 17.3 Å². The summed E-state index contributed by atoms with van der Waals surface area (Å²) in [6, 6.07) is 7.70. The van der Waals surface area contributed by atoms with Gasteiger partial charge in [0.25, 0.3) is 0 Å². The topological polar surface area (TPSA) is 71.5 Å². The third-order valence-corrected chi connectivity index (χ3v) is 12.8. The molecule has 15 heteroatoms. The number of nitrogens with zero attached hydrogens (tertiary/aromatic N) is 1. The summed E-state index contributed by atoms with van der Waals surface area (Å²) in [5.41, 5.74) is 1.84. The van der Waals surface area contributed by atoms with Crippen molar-refractivity contribution in [3.05, 3.63) is 53.3 Å². The van der Waals surface area contributed by atoms with E-state index >= 15 is 0 Å². The number of aromatic nitrogens is 1. The number of pyridine rings is 1. The number of carbonyl (C=O) groups is 1. The number of carbonyl (C=O) groups excluding carboxylic acids is 1. The molecule has 2 aromatic rings. The van der Waals surface area contributed by atoms with Crippen LogP contribution in [0.3, 0.4) is 0 Å². The molecule has 0 aliphatic heterocycles. The van der Waals surface area contributed by atoms with Gasteiger partial charge in [0.1, 0.15) is 11.4 Å². The van der Waals surface area contributed by atoms with E-state index in [0.29, 0.717) is 34.9 Å². The van der Waals surface area contributed by atoms with Crippen LogP contribution in [0.5, 0.6) is 5.75 Å². The Bertz CT molecular complexity index is 1480. The first-order valence-corrected chi connectivity index (χ1v) is 19.1. The Morgan fingerprint density at radius 1 is 1.10 bits per heavy atom. The number of amides is 1. The number of aryl methyl sites for hydroxylation is 1. The summed E-state index contributed by atoms with van der Waals surface area (Å²) in [6.07, 6.45) is -3.38. The predicted molar refractivity (Wildman–Crippen MR) is 187 cm³/mol. The van der Waals surface area contributed by atoms with Crippen LogP contribution < -0.4 is 10.1 Å². The lowest BCUT2D eigenvalue weighted by Crippen LogP contribution is -2.43. The highest BCUT2D eigenvalue weighted by molar-refractivity contribution is 7.99. The van der Waals surface area contributed by atoms with E-state index in [1.807, 2.05) is 19.1 Å². The van der Waals surface area contributed by atoms with Crippen molar-refractivity contribution in [3.63, 3.8) is 0 Å². The Balaban J connectivity index is 0.000000278. The molecule has 8 atom stereocenters. The molecule has 51 heavy (non-hydrogen) atoms. The number of fused-ring (bicyclic) bond motifs is 5. The molecular weight excluding hydrogens is 723 g/mol. The quantitative estimate of drug-likeness (QED) is 0.143. The van der Waals surface area contributed by atoms with Gasteiger partial charge in [-0.3, -0.25) is 10.3 Å². The molecule has 0 bridgehead atoms. The van der Waals surface area contributed by atoms with Gasteiger partial charge in [-0.05, 0) is 128 Å². The van der Waals surface area contributed by atoms with Gasteiger partial charge in [-0.25, -0.2) is 4.79 Å². The number of halogens is 8. The lowest BCUT2D eigenvalue weighted by Gasteiger charge is -2.50. The van der Waals surface area contributed by atoms with E-state index in [9.17, 15) is 45.0 Å². The monoisotopic (exact) mass is 770 g/mol. The molecule has 286 valence electrons. The highest BCUT2D eigenvalue weighted by Gasteiger charge is 2.56. The van der Waals surface area contributed by atoms with E-state index in [4.69, 9.17) is 4.74 Å². The molecule has 1 amide bonds. The van der Waals surface area contributed by atoms with Gasteiger partial charge >= 0.3 is 24.4 Å². The molecule has 1 heterocycles. The molecular formula is C36H47F8N2O3PS. The number of aliphatic hydroxyl groups is 1. The number of anilines is 1.